The number of ether oxygens (including phenoxy) is 5. The first-order valence-corrected chi connectivity index (χ1v) is 24.2. The molecule has 4 N–H and O–H groups in total. The third kappa shape index (κ3) is 12.2. The molecule has 368 valence electrons. The summed E-state index contributed by atoms with van der Waals surface area (Å²) in [6.45, 7) is 17.9. The van der Waals surface area contributed by atoms with E-state index in [1.54, 1.807) is 56.4 Å². The van der Waals surface area contributed by atoms with Gasteiger partial charge in [0.15, 0.2) is 5.78 Å². The molecule has 3 amide bonds. The van der Waals surface area contributed by atoms with Crippen LogP contribution in [0.3, 0.4) is 0 Å². The Labute approximate surface area is 406 Å². The van der Waals surface area contributed by atoms with E-state index in [9.17, 15) is 24.4 Å². The predicted molar refractivity (Wildman–Crippen MR) is 259 cm³/mol. The Morgan fingerprint density at radius 3 is 2.12 bits per heavy atom. The Bertz CT molecular complexity index is 2270. The van der Waals surface area contributed by atoms with Gasteiger partial charge in [0.05, 0.1) is 67.8 Å². The predicted octanol–water partition coefficient (Wildman–Crippen LogP) is 7.16. The summed E-state index contributed by atoms with van der Waals surface area (Å²) in [7, 11) is 1.70. The number of Topliss-reactive ketones (excluding diaryl/α,β-unsaturated/α-hetero) is 1. The number of carbonyl (C=O) groups excluding carboxylic acids is 4. The van der Waals surface area contributed by atoms with Crippen LogP contribution in [-0.2, 0) is 35.0 Å². The average molecular weight is 957 g/mol. The summed E-state index contributed by atoms with van der Waals surface area (Å²) in [5.41, 5.74) is 1.73. The summed E-state index contributed by atoms with van der Waals surface area (Å²) in [5, 5.41) is 21.9. The number of benzene rings is 3. The molecule has 0 spiro atoms. The van der Waals surface area contributed by atoms with Crippen molar-refractivity contribution in [1.29, 1.82) is 5.26 Å². The van der Waals surface area contributed by atoms with Gasteiger partial charge in [-0.3, -0.25) is 19.2 Å². The molecule has 3 aromatic rings. The number of ketones is 1. The number of hydrogen-bond acceptors (Lipinski definition) is 11. The Kier molecular flexibility index (Phi) is 17.4. The van der Waals surface area contributed by atoms with Crippen LogP contribution in [0.15, 0.2) is 66.7 Å². The maximum Gasteiger partial charge on any atom is 0.251 e. The number of halogens is 1. The molecule has 6 atom stereocenters. The minimum absolute atomic E-state index is 0.0944. The van der Waals surface area contributed by atoms with Crippen LogP contribution >= 0.6 is 11.6 Å². The highest BCUT2D eigenvalue weighted by Crippen LogP contribution is 2.55. The highest BCUT2D eigenvalue weighted by atomic mass is 35.5. The summed E-state index contributed by atoms with van der Waals surface area (Å²) < 4.78 is 30.1. The molecule has 68 heavy (non-hydrogen) atoms. The molecule has 3 aliphatic carbocycles. The van der Waals surface area contributed by atoms with Crippen LogP contribution in [0, 0.1) is 39.4 Å². The lowest BCUT2D eigenvalue weighted by atomic mass is 9.49. The molecule has 0 bridgehead atoms. The highest BCUT2D eigenvalue weighted by molar-refractivity contribution is 6.31. The Morgan fingerprint density at radius 1 is 0.838 bits per heavy atom. The summed E-state index contributed by atoms with van der Waals surface area (Å²) >= 11 is 6.24. The number of rotatable bonds is 22. The number of likely N-dealkylation sites (N-methyl/N-ethyl adjacent to an activating group) is 1. The lowest BCUT2D eigenvalue weighted by Crippen LogP contribution is -2.74. The molecule has 0 saturated heterocycles. The van der Waals surface area contributed by atoms with E-state index in [4.69, 9.17) is 35.3 Å². The molecular formula is C53H70ClN5O9. The zero-order chi connectivity index (χ0) is 49.4. The Balaban J connectivity index is 0.885. The van der Waals surface area contributed by atoms with E-state index in [0.29, 0.717) is 86.6 Å². The molecule has 0 aromatic heterocycles. The van der Waals surface area contributed by atoms with Gasteiger partial charge in [0.2, 0.25) is 11.8 Å². The largest absolute Gasteiger partial charge is 0.491 e. The van der Waals surface area contributed by atoms with Gasteiger partial charge in [-0.25, -0.2) is 0 Å². The van der Waals surface area contributed by atoms with E-state index in [-0.39, 0.29) is 58.6 Å². The van der Waals surface area contributed by atoms with Gasteiger partial charge in [-0.1, -0.05) is 90.8 Å². The zero-order valence-corrected chi connectivity index (χ0v) is 41.8. The SMILES string of the molecule is CN[C@@H](C)C(=O)N[C@H](C(=O)C1CCC[C@H]1C(=O)N[C@H]1c2ccccc2C[C@H]1OCCOCCOCCOc1ccc(C(=O)N[C@H]2C(C)(C)[C@H](Oc3ccc(C#N)c(Cl)c3)C2(C)C)cc1)C(C)(C)C. The van der Waals surface area contributed by atoms with E-state index in [0.717, 1.165) is 17.5 Å². The van der Waals surface area contributed by atoms with Gasteiger partial charge in [-0.15, -0.1) is 0 Å². The normalized spacial score (nSPS) is 23.2. The minimum atomic E-state index is -0.723. The van der Waals surface area contributed by atoms with Crippen LogP contribution in [0.1, 0.15) is 108 Å². The second kappa shape index (κ2) is 22.6. The Hall–Kier alpha value is -5.04. The van der Waals surface area contributed by atoms with Crippen LogP contribution in [0.2, 0.25) is 5.02 Å². The molecule has 1 unspecified atom stereocenters. The fraction of sp³-hybridized carbons (Fsp3) is 0.566. The van der Waals surface area contributed by atoms with Crippen molar-refractivity contribution in [2.75, 3.05) is 46.7 Å². The quantitative estimate of drug-likeness (QED) is 0.0750. The second-order valence-electron chi connectivity index (χ2n) is 20.6. The number of amides is 3. The standard InChI is InChI=1S/C53H70ClN5O9/c1-32(56-9)46(61)58-45(51(2,3)4)44(60)39-15-12-16-40(39)48(63)57-43-38-14-11-10-13-34(38)29-42(43)67-28-26-65-24-23-64-25-27-66-36-20-17-33(18-21-36)47(62)59-49-52(5,6)50(53(49,7)8)68-37-22-19-35(31-55)41(54)30-37/h10-11,13-14,17-22,30,32,39-40,42-43,45,49-50,56H,12,15-16,23-29H2,1-9H3,(H,57,63)(H,58,61)(H,59,62)/t32-,39?,40+,42+,43-,45+,49-,50-/m0/s1. The third-order valence-corrected chi connectivity index (χ3v) is 14.2. The van der Waals surface area contributed by atoms with Crippen molar-refractivity contribution in [2.45, 2.75) is 117 Å². The fourth-order valence-electron chi connectivity index (χ4n) is 10.4. The molecule has 2 fully saturated rings. The van der Waals surface area contributed by atoms with Crippen LogP contribution in [0.5, 0.6) is 11.5 Å². The summed E-state index contributed by atoms with van der Waals surface area (Å²) in [5.74, 6) is -0.482. The molecule has 0 heterocycles. The van der Waals surface area contributed by atoms with Crippen molar-refractivity contribution in [2.24, 2.45) is 28.1 Å². The monoisotopic (exact) mass is 955 g/mol. The van der Waals surface area contributed by atoms with Gasteiger partial charge in [-0.2, -0.15) is 5.26 Å². The number of carbonyl (C=O) groups is 4. The molecule has 3 aliphatic rings. The zero-order valence-electron chi connectivity index (χ0n) is 41.0. The van der Waals surface area contributed by atoms with Crippen molar-refractivity contribution in [3.63, 3.8) is 0 Å². The highest BCUT2D eigenvalue weighted by Gasteiger charge is 2.64. The van der Waals surface area contributed by atoms with Crippen molar-refractivity contribution < 1.29 is 42.9 Å². The summed E-state index contributed by atoms with van der Waals surface area (Å²) in [6, 6.07) is 20.4. The first-order chi connectivity index (χ1) is 32.3. The molecule has 0 radical (unpaired) electrons. The molecule has 15 heteroatoms. The number of nitrogens with zero attached hydrogens (tertiary/aromatic N) is 1. The van der Waals surface area contributed by atoms with Gasteiger partial charge >= 0.3 is 0 Å². The van der Waals surface area contributed by atoms with Crippen LogP contribution in [0.25, 0.3) is 0 Å². The molecule has 6 rings (SSSR count). The van der Waals surface area contributed by atoms with Crippen molar-refractivity contribution in [3.8, 4) is 17.6 Å². The fourth-order valence-corrected chi connectivity index (χ4v) is 10.6. The van der Waals surface area contributed by atoms with Crippen LogP contribution in [-0.4, -0.2) is 101 Å². The maximum absolute atomic E-state index is 14.1. The van der Waals surface area contributed by atoms with Crippen molar-refractivity contribution >= 4 is 35.1 Å². The molecule has 14 nitrogen and oxygen atoms in total. The van der Waals surface area contributed by atoms with Crippen LogP contribution < -0.4 is 30.7 Å². The molecule has 3 aromatic carbocycles. The van der Waals surface area contributed by atoms with Gasteiger partial charge in [0.1, 0.15) is 30.3 Å². The minimum Gasteiger partial charge on any atom is -0.491 e. The molecule has 2 saturated carbocycles. The lowest BCUT2D eigenvalue weighted by molar-refractivity contribution is -0.164. The topological polar surface area (TPSA) is 186 Å². The molecular weight excluding hydrogens is 886 g/mol. The Morgan fingerprint density at radius 2 is 1.47 bits per heavy atom. The maximum atomic E-state index is 14.1. The van der Waals surface area contributed by atoms with Gasteiger partial charge in [0.25, 0.3) is 5.91 Å². The van der Waals surface area contributed by atoms with Crippen molar-refractivity contribution in [3.05, 3.63) is 94.0 Å². The van der Waals surface area contributed by atoms with Crippen LogP contribution in [0.4, 0.5) is 0 Å². The second-order valence-corrected chi connectivity index (χ2v) is 21.0. The summed E-state index contributed by atoms with van der Waals surface area (Å²) in [4.78, 5) is 54.3. The lowest BCUT2D eigenvalue weighted by Gasteiger charge is -2.63. The van der Waals surface area contributed by atoms with E-state index >= 15 is 0 Å². The average Bonchev–Trinajstić information content (AvgIpc) is 3.94. The van der Waals surface area contributed by atoms with Gasteiger partial charge < -0.3 is 45.0 Å². The van der Waals surface area contributed by atoms with E-state index in [1.807, 2.05) is 39.0 Å². The van der Waals surface area contributed by atoms with Gasteiger partial charge in [-0.05, 0) is 79.8 Å². The van der Waals surface area contributed by atoms with E-state index < -0.39 is 29.3 Å². The van der Waals surface area contributed by atoms with Gasteiger partial charge in [0, 0.05) is 46.8 Å². The number of nitrogens with one attached hydrogen (secondary N) is 4. The number of hydrogen-bond donors (Lipinski definition) is 4. The first kappa shape index (κ1) is 52.3. The number of nitriles is 1. The third-order valence-electron chi connectivity index (χ3n) is 13.9. The first-order valence-electron chi connectivity index (χ1n) is 23.8. The smallest absolute Gasteiger partial charge is 0.251 e. The van der Waals surface area contributed by atoms with E-state index in [2.05, 4.69) is 61.1 Å². The summed E-state index contributed by atoms with van der Waals surface area (Å²) in [6.07, 6.45) is 2.10. The number of fused-ring (bicyclic) bond motifs is 1. The van der Waals surface area contributed by atoms with Crippen molar-refractivity contribution in [1.82, 2.24) is 21.3 Å². The molecule has 0 aliphatic heterocycles. The van der Waals surface area contributed by atoms with E-state index in [1.165, 1.54) is 0 Å².